The van der Waals surface area contributed by atoms with Gasteiger partial charge in [-0.1, -0.05) is 26.0 Å². The van der Waals surface area contributed by atoms with Gasteiger partial charge in [-0.15, -0.1) is 0 Å². The van der Waals surface area contributed by atoms with Crippen molar-refractivity contribution >= 4 is 5.91 Å². The summed E-state index contributed by atoms with van der Waals surface area (Å²) in [5, 5.41) is 6.18. The number of amides is 1. The number of rotatable bonds is 8. The molecule has 0 aromatic heterocycles. The van der Waals surface area contributed by atoms with E-state index in [1.165, 1.54) is 5.56 Å². The Morgan fingerprint density at radius 2 is 1.85 bits per heavy atom. The van der Waals surface area contributed by atoms with Gasteiger partial charge in [-0.3, -0.25) is 4.79 Å². The second-order valence-electron chi connectivity index (χ2n) is 5.00. The van der Waals surface area contributed by atoms with Crippen LogP contribution in [0, 0.1) is 0 Å². The molecule has 1 rings (SSSR count). The highest BCUT2D eigenvalue weighted by Gasteiger charge is 2.15. The molecule has 0 aliphatic rings. The second kappa shape index (κ2) is 8.59. The van der Waals surface area contributed by atoms with E-state index in [2.05, 4.69) is 17.6 Å². The van der Waals surface area contributed by atoms with Crippen LogP contribution in [0.1, 0.15) is 39.7 Å². The van der Waals surface area contributed by atoms with E-state index >= 15 is 0 Å². The van der Waals surface area contributed by atoms with E-state index < -0.39 is 6.10 Å². The molecule has 2 atom stereocenters. The summed E-state index contributed by atoms with van der Waals surface area (Å²) >= 11 is 0. The predicted octanol–water partition coefficient (Wildman–Crippen LogP) is 2.48. The predicted molar refractivity (Wildman–Crippen MR) is 81.8 cm³/mol. The zero-order valence-corrected chi connectivity index (χ0v) is 12.9. The summed E-state index contributed by atoms with van der Waals surface area (Å²) in [5.74, 6) is 0.646. The van der Waals surface area contributed by atoms with Crippen molar-refractivity contribution in [2.24, 2.45) is 0 Å². The third kappa shape index (κ3) is 5.61. The van der Waals surface area contributed by atoms with Gasteiger partial charge in [0, 0.05) is 12.6 Å². The second-order valence-corrected chi connectivity index (χ2v) is 5.00. The van der Waals surface area contributed by atoms with Crippen molar-refractivity contribution < 1.29 is 9.53 Å². The molecule has 2 N–H and O–H groups in total. The van der Waals surface area contributed by atoms with Gasteiger partial charge < -0.3 is 15.4 Å². The average Bonchev–Trinajstić information content (AvgIpc) is 2.46. The maximum absolute atomic E-state index is 11.9. The summed E-state index contributed by atoms with van der Waals surface area (Å²) in [6.07, 6.45) is 0.432. The van der Waals surface area contributed by atoms with Crippen molar-refractivity contribution in [1.82, 2.24) is 10.6 Å². The quantitative estimate of drug-likeness (QED) is 0.768. The SMILES string of the molecule is CCNCc1ccc(OC(C)C(=O)NC(C)CC)cc1. The number of nitrogens with one attached hydrogen (secondary N) is 2. The zero-order chi connectivity index (χ0) is 15.0. The molecule has 0 aliphatic heterocycles. The van der Waals surface area contributed by atoms with Crippen LogP contribution in [0.5, 0.6) is 5.75 Å². The summed E-state index contributed by atoms with van der Waals surface area (Å²) in [6, 6.07) is 8.00. The molecule has 0 saturated carbocycles. The topological polar surface area (TPSA) is 50.4 Å². The Kier molecular flexibility index (Phi) is 7.09. The molecule has 0 spiro atoms. The summed E-state index contributed by atoms with van der Waals surface area (Å²) in [4.78, 5) is 11.9. The molecule has 20 heavy (non-hydrogen) atoms. The van der Waals surface area contributed by atoms with Crippen molar-refractivity contribution in [2.45, 2.75) is 52.8 Å². The van der Waals surface area contributed by atoms with Gasteiger partial charge in [0.1, 0.15) is 5.75 Å². The fourth-order valence-corrected chi connectivity index (χ4v) is 1.68. The number of ether oxygens (including phenoxy) is 1. The van der Waals surface area contributed by atoms with E-state index in [1.807, 2.05) is 38.1 Å². The molecule has 0 aliphatic carbocycles. The van der Waals surface area contributed by atoms with Crippen molar-refractivity contribution in [3.8, 4) is 5.75 Å². The van der Waals surface area contributed by atoms with E-state index in [4.69, 9.17) is 4.74 Å². The van der Waals surface area contributed by atoms with Crippen LogP contribution in [0.3, 0.4) is 0 Å². The minimum atomic E-state index is -0.483. The minimum absolute atomic E-state index is 0.0731. The molecular formula is C16H26N2O2. The summed E-state index contributed by atoms with van der Waals surface area (Å²) in [6.45, 7) is 9.67. The average molecular weight is 278 g/mol. The number of carbonyl (C=O) groups excluding carboxylic acids is 1. The maximum Gasteiger partial charge on any atom is 0.260 e. The Morgan fingerprint density at radius 1 is 1.20 bits per heavy atom. The van der Waals surface area contributed by atoms with Gasteiger partial charge >= 0.3 is 0 Å². The molecule has 1 aromatic carbocycles. The van der Waals surface area contributed by atoms with Gasteiger partial charge in [-0.05, 0) is 44.5 Å². The first-order valence-corrected chi connectivity index (χ1v) is 7.33. The largest absolute Gasteiger partial charge is 0.481 e. The molecule has 0 heterocycles. The summed E-state index contributed by atoms with van der Waals surface area (Å²) in [5.41, 5.74) is 1.20. The first-order chi connectivity index (χ1) is 9.56. The van der Waals surface area contributed by atoms with Crippen molar-refractivity contribution in [1.29, 1.82) is 0 Å². The van der Waals surface area contributed by atoms with Crippen molar-refractivity contribution in [3.05, 3.63) is 29.8 Å². The normalized spacial score (nSPS) is 13.6. The van der Waals surface area contributed by atoms with Gasteiger partial charge in [0.05, 0.1) is 0 Å². The first kappa shape index (κ1) is 16.5. The molecule has 4 nitrogen and oxygen atoms in total. The van der Waals surface area contributed by atoms with Crippen LogP contribution >= 0.6 is 0 Å². The fraction of sp³-hybridized carbons (Fsp3) is 0.562. The van der Waals surface area contributed by atoms with Gasteiger partial charge in [-0.2, -0.15) is 0 Å². The first-order valence-electron chi connectivity index (χ1n) is 7.33. The molecular weight excluding hydrogens is 252 g/mol. The standard InChI is InChI=1S/C16H26N2O2/c1-5-12(3)18-16(19)13(4)20-15-9-7-14(8-10-15)11-17-6-2/h7-10,12-13,17H,5-6,11H2,1-4H3,(H,18,19). The summed E-state index contributed by atoms with van der Waals surface area (Å²) < 4.78 is 5.65. The highest BCUT2D eigenvalue weighted by Crippen LogP contribution is 2.14. The Labute approximate surface area is 121 Å². The lowest BCUT2D eigenvalue weighted by molar-refractivity contribution is -0.127. The Balaban J connectivity index is 2.49. The van der Waals surface area contributed by atoms with E-state index in [9.17, 15) is 4.79 Å². The molecule has 2 unspecified atom stereocenters. The highest BCUT2D eigenvalue weighted by molar-refractivity contribution is 5.80. The molecule has 0 bridgehead atoms. The molecule has 1 amide bonds. The third-order valence-electron chi connectivity index (χ3n) is 3.19. The third-order valence-corrected chi connectivity index (χ3v) is 3.19. The van der Waals surface area contributed by atoms with Crippen LogP contribution < -0.4 is 15.4 Å². The lowest BCUT2D eigenvalue weighted by Crippen LogP contribution is -2.40. The van der Waals surface area contributed by atoms with Crippen LogP contribution in [-0.2, 0) is 11.3 Å². The smallest absolute Gasteiger partial charge is 0.260 e. The number of hydrogen-bond acceptors (Lipinski definition) is 3. The highest BCUT2D eigenvalue weighted by atomic mass is 16.5. The van der Waals surface area contributed by atoms with Crippen LogP contribution in [0.4, 0.5) is 0 Å². The fourth-order valence-electron chi connectivity index (χ4n) is 1.68. The molecule has 4 heteroatoms. The lowest BCUT2D eigenvalue weighted by atomic mass is 10.2. The molecule has 0 saturated heterocycles. The Bertz CT molecular complexity index is 403. The zero-order valence-electron chi connectivity index (χ0n) is 12.9. The van der Waals surface area contributed by atoms with E-state index in [1.54, 1.807) is 6.92 Å². The van der Waals surface area contributed by atoms with Crippen molar-refractivity contribution in [2.75, 3.05) is 6.54 Å². The van der Waals surface area contributed by atoms with Crippen LogP contribution in [0.15, 0.2) is 24.3 Å². The Hall–Kier alpha value is -1.55. The van der Waals surface area contributed by atoms with Crippen LogP contribution in [0.2, 0.25) is 0 Å². The molecule has 1 aromatic rings. The number of benzene rings is 1. The van der Waals surface area contributed by atoms with Crippen LogP contribution in [-0.4, -0.2) is 24.6 Å². The molecule has 0 fully saturated rings. The van der Waals surface area contributed by atoms with Gasteiger partial charge in [0.2, 0.25) is 0 Å². The maximum atomic E-state index is 11.9. The van der Waals surface area contributed by atoms with Gasteiger partial charge in [0.15, 0.2) is 6.10 Å². The van der Waals surface area contributed by atoms with E-state index in [0.29, 0.717) is 0 Å². The summed E-state index contributed by atoms with van der Waals surface area (Å²) in [7, 11) is 0. The van der Waals surface area contributed by atoms with Gasteiger partial charge in [-0.25, -0.2) is 0 Å². The monoisotopic (exact) mass is 278 g/mol. The van der Waals surface area contributed by atoms with E-state index in [-0.39, 0.29) is 11.9 Å². The lowest BCUT2D eigenvalue weighted by Gasteiger charge is -2.18. The van der Waals surface area contributed by atoms with Crippen molar-refractivity contribution in [3.63, 3.8) is 0 Å². The van der Waals surface area contributed by atoms with Crippen LogP contribution in [0.25, 0.3) is 0 Å². The Morgan fingerprint density at radius 3 is 2.40 bits per heavy atom. The number of hydrogen-bond donors (Lipinski definition) is 2. The molecule has 112 valence electrons. The minimum Gasteiger partial charge on any atom is -0.481 e. The molecule has 0 radical (unpaired) electrons. The number of carbonyl (C=O) groups is 1. The van der Waals surface area contributed by atoms with E-state index in [0.717, 1.165) is 25.3 Å². The van der Waals surface area contributed by atoms with Gasteiger partial charge in [0.25, 0.3) is 5.91 Å².